The van der Waals surface area contributed by atoms with E-state index in [2.05, 4.69) is 64.5 Å². The molecule has 0 fully saturated rings. The lowest BCUT2D eigenvalue weighted by Crippen LogP contribution is -2.13. The smallest absolute Gasteiger partial charge is 0.266 e. The van der Waals surface area contributed by atoms with Crippen LogP contribution < -0.4 is 5.32 Å². The predicted octanol–water partition coefficient (Wildman–Crippen LogP) is 6.12. The zero-order valence-corrected chi connectivity index (χ0v) is 19.7. The summed E-state index contributed by atoms with van der Waals surface area (Å²) in [7, 11) is 0. The van der Waals surface area contributed by atoms with Gasteiger partial charge in [-0.15, -0.1) is 0 Å². The van der Waals surface area contributed by atoms with Crippen LogP contribution in [0.4, 0.5) is 5.69 Å². The van der Waals surface area contributed by atoms with Crippen LogP contribution in [0.1, 0.15) is 35.0 Å². The fourth-order valence-corrected chi connectivity index (χ4v) is 3.76. The number of anilines is 1. The highest BCUT2D eigenvalue weighted by Crippen LogP contribution is 2.25. The average molecular weight is 509 g/mol. The molecular formula is C25H24IN3O. The Kier molecular flexibility index (Phi) is 6.78. The number of benzene rings is 2. The van der Waals surface area contributed by atoms with Crippen molar-refractivity contribution in [3.63, 3.8) is 0 Å². The number of rotatable bonds is 5. The minimum Gasteiger partial charge on any atom is -0.321 e. The maximum Gasteiger partial charge on any atom is 0.266 e. The molecule has 0 saturated heterocycles. The van der Waals surface area contributed by atoms with Crippen molar-refractivity contribution in [2.24, 2.45) is 0 Å². The third-order valence-corrected chi connectivity index (χ3v) is 6.37. The Balaban J connectivity index is 1.91. The summed E-state index contributed by atoms with van der Waals surface area (Å²) in [6.45, 7) is 8.20. The van der Waals surface area contributed by atoms with Gasteiger partial charge in [0, 0.05) is 26.3 Å². The number of nitriles is 1. The predicted molar refractivity (Wildman–Crippen MR) is 131 cm³/mol. The Morgan fingerprint density at radius 3 is 2.43 bits per heavy atom. The lowest BCUT2D eigenvalue weighted by atomic mass is 10.1. The van der Waals surface area contributed by atoms with Crippen LogP contribution in [0.25, 0.3) is 11.8 Å². The van der Waals surface area contributed by atoms with Gasteiger partial charge in [-0.25, -0.2) is 0 Å². The van der Waals surface area contributed by atoms with Crippen molar-refractivity contribution in [1.29, 1.82) is 5.26 Å². The SMILES string of the molecule is CCc1ccc(NC(=O)/C(C#N)=C\c2cc(C)n(-c3ccc(I)c(C)c3)c2C)cc1. The van der Waals surface area contributed by atoms with Crippen LogP contribution in [0.2, 0.25) is 0 Å². The first kappa shape index (κ1) is 21.8. The lowest BCUT2D eigenvalue weighted by molar-refractivity contribution is -0.112. The molecule has 0 spiro atoms. The van der Waals surface area contributed by atoms with E-state index in [1.807, 2.05) is 50.2 Å². The Labute approximate surface area is 191 Å². The number of hydrogen-bond donors (Lipinski definition) is 1. The number of aryl methyl sites for hydroxylation is 3. The molecule has 1 amide bonds. The highest BCUT2D eigenvalue weighted by Gasteiger charge is 2.14. The second-order valence-corrected chi connectivity index (χ2v) is 8.43. The zero-order chi connectivity index (χ0) is 21.8. The summed E-state index contributed by atoms with van der Waals surface area (Å²) in [6, 6.07) is 18.0. The van der Waals surface area contributed by atoms with Gasteiger partial charge >= 0.3 is 0 Å². The molecule has 0 radical (unpaired) electrons. The lowest BCUT2D eigenvalue weighted by Gasteiger charge is -2.11. The van der Waals surface area contributed by atoms with Gasteiger partial charge in [0.1, 0.15) is 11.6 Å². The van der Waals surface area contributed by atoms with Gasteiger partial charge in [0.2, 0.25) is 0 Å². The topological polar surface area (TPSA) is 57.8 Å². The van der Waals surface area contributed by atoms with E-state index in [-0.39, 0.29) is 5.57 Å². The van der Waals surface area contributed by atoms with Crippen LogP contribution in [0.5, 0.6) is 0 Å². The molecule has 152 valence electrons. The molecule has 1 aromatic heterocycles. The van der Waals surface area contributed by atoms with E-state index < -0.39 is 5.91 Å². The highest BCUT2D eigenvalue weighted by atomic mass is 127. The van der Waals surface area contributed by atoms with Crippen LogP contribution in [-0.4, -0.2) is 10.5 Å². The molecule has 0 bridgehead atoms. The van der Waals surface area contributed by atoms with Gasteiger partial charge in [-0.2, -0.15) is 5.26 Å². The molecule has 0 aliphatic rings. The second-order valence-electron chi connectivity index (χ2n) is 7.27. The molecule has 3 aromatic rings. The van der Waals surface area contributed by atoms with Gasteiger partial charge in [-0.1, -0.05) is 19.1 Å². The third-order valence-electron chi connectivity index (χ3n) is 5.15. The van der Waals surface area contributed by atoms with E-state index in [0.717, 1.165) is 29.1 Å². The van der Waals surface area contributed by atoms with Gasteiger partial charge in [-0.05, 0) is 109 Å². The number of carbonyl (C=O) groups is 1. The van der Waals surface area contributed by atoms with Crippen molar-refractivity contribution in [1.82, 2.24) is 4.57 Å². The Morgan fingerprint density at radius 2 is 1.83 bits per heavy atom. The summed E-state index contributed by atoms with van der Waals surface area (Å²) in [4.78, 5) is 12.6. The largest absolute Gasteiger partial charge is 0.321 e. The van der Waals surface area contributed by atoms with E-state index in [4.69, 9.17) is 0 Å². The van der Waals surface area contributed by atoms with Crippen LogP contribution in [0.15, 0.2) is 54.1 Å². The van der Waals surface area contributed by atoms with E-state index in [0.29, 0.717) is 5.69 Å². The number of nitrogens with zero attached hydrogens (tertiary/aromatic N) is 2. The van der Waals surface area contributed by atoms with E-state index in [1.54, 1.807) is 6.08 Å². The first-order valence-corrected chi connectivity index (χ1v) is 10.9. The van der Waals surface area contributed by atoms with Crippen molar-refractivity contribution in [3.05, 3.63) is 85.8 Å². The molecule has 0 atom stereocenters. The monoisotopic (exact) mass is 509 g/mol. The van der Waals surface area contributed by atoms with Gasteiger partial charge in [0.25, 0.3) is 5.91 Å². The molecule has 30 heavy (non-hydrogen) atoms. The van der Waals surface area contributed by atoms with Crippen molar-refractivity contribution in [2.75, 3.05) is 5.32 Å². The summed E-state index contributed by atoms with van der Waals surface area (Å²) in [5, 5.41) is 12.4. The van der Waals surface area contributed by atoms with Crippen LogP contribution >= 0.6 is 22.6 Å². The molecule has 0 unspecified atom stereocenters. The van der Waals surface area contributed by atoms with E-state index in [1.165, 1.54) is 14.7 Å². The molecule has 0 aliphatic carbocycles. The Bertz CT molecular complexity index is 1160. The maximum absolute atomic E-state index is 12.6. The number of amides is 1. The minimum absolute atomic E-state index is 0.0774. The highest BCUT2D eigenvalue weighted by molar-refractivity contribution is 14.1. The van der Waals surface area contributed by atoms with Crippen molar-refractivity contribution < 1.29 is 4.79 Å². The number of carbonyl (C=O) groups excluding carboxylic acids is 1. The first-order chi connectivity index (χ1) is 14.3. The molecule has 3 rings (SSSR count). The standard InChI is InChI=1S/C25H24IN3O/c1-5-19-6-8-22(9-7-19)28-25(30)21(15-27)14-20-13-17(3)29(18(20)4)23-10-11-24(26)16(2)12-23/h6-14H,5H2,1-4H3,(H,28,30)/b21-14-. The number of hydrogen-bond acceptors (Lipinski definition) is 2. The normalized spacial score (nSPS) is 11.3. The van der Waals surface area contributed by atoms with E-state index >= 15 is 0 Å². The summed E-state index contributed by atoms with van der Waals surface area (Å²) in [5.74, 6) is -0.406. The van der Waals surface area contributed by atoms with Gasteiger partial charge in [0.05, 0.1) is 0 Å². The summed E-state index contributed by atoms with van der Waals surface area (Å²) >= 11 is 2.32. The molecule has 1 N–H and O–H groups in total. The van der Waals surface area contributed by atoms with Crippen LogP contribution in [-0.2, 0) is 11.2 Å². The van der Waals surface area contributed by atoms with Crippen LogP contribution in [0, 0.1) is 35.7 Å². The van der Waals surface area contributed by atoms with Gasteiger partial charge < -0.3 is 9.88 Å². The van der Waals surface area contributed by atoms with E-state index in [9.17, 15) is 10.1 Å². The summed E-state index contributed by atoms with van der Waals surface area (Å²) in [5.41, 5.74) is 7.13. The Hall–Kier alpha value is -2.85. The maximum atomic E-state index is 12.6. The zero-order valence-electron chi connectivity index (χ0n) is 17.6. The fourth-order valence-electron chi connectivity index (χ4n) is 3.43. The number of halogens is 1. The Morgan fingerprint density at radius 1 is 1.13 bits per heavy atom. The molecule has 1 heterocycles. The van der Waals surface area contributed by atoms with Crippen molar-refractivity contribution >= 4 is 40.3 Å². The number of nitrogens with one attached hydrogen (secondary N) is 1. The summed E-state index contributed by atoms with van der Waals surface area (Å²) in [6.07, 6.45) is 2.60. The van der Waals surface area contributed by atoms with Gasteiger partial charge in [0.15, 0.2) is 0 Å². The van der Waals surface area contributed by atoms with Crippen molar-refractivity contribution in [2.45, 2.75) is 34.1 Å². The molecule has 0 saturated carbocycles. The second kappa shape index (κ2) is 9.31. The molecule has 2 aromatic carbocycles. The summed E-state index contributed by atoms with van der Waals surface area (Å²) < 4.78 is 3.36. The number of aromatic nitrogens is 1. The molecular weight excluding hydrogens is 485 g/mol. The minimum atomic E-state index is -0.406. The molecule has 5 heteroatoms. The average Bonchev–Trinajstić information content (AvgIpc) is 3.01. The fraction of sp³-hybridized carbons (Fsp3) is 0.200. The molecule has 0 aliphatic heterocycles. The van der Waals surface area contributed by atoms with Crippen LogP contribution in [0.3, 0.4) is 0 Å². The first-order valence-electron chi connectivity index (χ1n) is 9.81. The third kappa shape index (κ3) is 4.65. The van der Waals surface area contributed by atoms with Gasteiger partial charge in [-0.3, -0.25) is 4.79 Å². The molecule has 4 nitrogen and oxygen atoms in total. The quantitative estimate of drug-likeness (QED) is 0.256. The van der Waals surface area contributed by atoms with Crippen molar-refractivity contribution in [3.8, 4) is 11.8 Å².